The van der Waals surface area contributed by atoms with Gasteiger partial charge in [-0.15, -0.1) is 0 Å². The van der Waals surface area contributed by atoms with Crippen molar-refractivity contribution in [2.24, 2.45) is 0 Å². The van der Waals surface area contributed by atoms with E-state index in [1.165, 1.54) is 24.3 Å². The number of carbonyl (C=O) groups is 2. The van der Waals surface area contributed by atoms with Crippen LogP contribution in [0.5, 0.6) is 11.5 Å². The first kappa shape index (κ1) is 24.6. The van der Waals surface area contributed by atoms with Crippen LogP contribution in [0.2, 0.25) is 0 Å². The summed E-state index contributed by atoms with van der Waals surface area (Å²) in [5, 5.41) is 11.3. The number of thiocarbonyl (C=S) groups is 2. The molecule has 0 radical (unpaired) electrons. The first-order chi connectivity index (χ1) is 16.4. The molecule has 8 nitrogen and oxygen atoms in total. The fourth-order valence-corrected chi connectivity index (χ4v) is 3.33. The third kappa shape index (κ3) is 6.50. The highest BCUT2D eigenvalue weighted by atomic mass is 32.1. The van der Waals surface area contributed by atoms with Crippen molar-refractivity contribution in [3.8, 4) is 11.5 Å². The number of methoxy groups -OCH3 is 2. The molecule has 3 aromatic carbocycles. The number of rotatable bonds is 6. The normalized spacial score (nSPS) is 9.94. The maximum atomic E-state index is 12.5. The number of nitrogens with one attached hydrogen (secondary N) is 4. The number of carbonyl (C=O) groups excluding carboxylic acids is 2. The van der Waals surface area contributed by atoms with Gasteiger partial charge in [-0.05, 0) is 73.0 Å². The fourth-order valence-electron chi connectivity index (χ4n) is 2.93. The van der Waals surface area contributed by atoms with Crippen LogP contribution in [0.4, 0.5) is 11.4 Å². The van der Waals surface area contributed by atoms with E-state index in [1.807, 2.05) is 24.3 Å². The monoisotopic (exact) mass is 494 g/mol. The van der Waals surface area contributed by atoms with E-state index >= 15 is 0 Å². The number of benzene rings is 3. The molecule has 0 aromatic heterocycles. The Balaban J connectivity index is 1.56. The second-order valence-corrected chi connectivity index (χ2v) is 7.61. The fraction of sp³-hybridized carbons (Fsp3) is 0.0833. The van der Waals surface area contributed by atoms with E-state index in [-0.39, 0.29) is 10.2 Å². The van der Waals surface area contributed by atoms with E-state index < -0.39 is 11.8 Å². The minimum Gasteiger partial charge on any atom is -0.495 e. The molecule has 174 valence electrons. The van der Waals surface area contributed by atoms with E-state index in [4.69, 9.17) is 33.9 Å². The van der Waals surface area contributed by atoms with Gasteiger partial charge in [0.05, 0.1) is 25.6 Å². The average Bonchev–Trinajstić information content (AvgIpc) is 2.84. The Hall–Kier alpha value is -4.02. The maximum absolute atomic E-state index is 12.5. The molecule has 0 saturated carbocycles. The van der Waals surface area contributed by atoms with E-state index in [2.05, 4.69) is 21.3 Å². The molecule has 10 heteroatoms. The van der Waals surface area contributed by atoms with Crippen LogP contribution >= 0.6 is 24.4 Å². The second-order valence-electron chi connectivity index (χ2n) is 6.79. The van der Waals surface area contributed by atoms with Gasteiger partial charge in [-0.2, -0.15) is 0 Å². The van der Waals surface area contributed by atoms with Crippen LogP contribution in [0.25, 0.3) is 0 Å². The summed E-state index contributed by atoms with van der Waals surface area (Å²) in [6.45, 7) is 0. The molecule has 34 heavy (non-hydrogen) atoms. The second kappa shape index (κ2) is 11.7. The first-order valence-electron chi connectivity index (χ1n) is 10.0. The Kier molecular flexibility index (Phi) is 8.49. The maximum Gasteiger partial charge on any atom is 0.257 e. The predicted octanol–water partition coefficient (Wildman–Crippen LogP) is 3.96. The van der Waals surface area contributed by atoms with Crippen LogP contribution < -0.4 is 30.7 Å². The lowest BCUT2D eigenvalue weighted by atomic mass is 10.1. The summed E-state index contributed by atoms with van der Waals surface area (Å²) in [5.41, 5.74) is 1.91. The quantitative estimate of drug-likeness (QED) is 0.382. The SMILES string of the molecule is COc1ccccc1NC(=S)NC(=O)c1ccc(C(=O)NC(=S)Nc2ccccc2OC)cc1. The van der Waals surface area contributed by atoms with Gasteiger partial charge in [0.25, 0.3) is 11.8 Å². The van der Waals surface area contributed by atoms with Crippen LogP contribution in [0.3, 0.4) is 0 Å². The molecule has 4 N–H and O–H groups in total. The molecular formula is C24H22N4O4S2. The van der Waals surface area contributed by atoms with Crippen molar-refractivity contribution in [2.45, 2.75) is 0 Å². The molecule has 0 bridgehead atoms. The topological polar surface area (TPSA) is 101 Å². The van der Waals surface area contributed by atoms with Gasteiger partial charge >= 0.3 is 0 Å². The lowest BCUT2D eigenvalue weighted by molar-refractivity contribution is 0.0965. The summed E-state index contributed by atoms with van der Waals surface area (Å²) in [6, 6.07) is 20.5. The van der Waals surface area contributed by atoms with Gasteiger partial charge in [0.15, 0.2) is 10.2 Å². The van der Waals surface area contributed by atoms with Gasteiger partial charge in [-0.25, -0.2) is 0 Å². The highest BCUT2D eigenvalue weighted by Crippen LogP contribution is 2.23. The molecule has 0 aliphatic carbocycles. The van der Waals surface area contributed by atoms with Crippen LogP contribution in [0.15, 0.2) is 72.8 Å². The molecule has 3 rings (SSSR count). The van der Waals surface area contributed by atoms with Gasteiger partial charge in [0, 0.05) is 11.1 Å². The van der Waals surface area contributed by atoms with E-state index in [0.29, 0.717) is 34.0 Å². The van der Waals surface area contributed by atoms with Crippen molar-refractivity contribution < 1.29 is 19.1 Å². The van der Waals surface area contributed by atoms with Gasteiger partial charge < -0.3 is 20.1 Å². The van der Waals surface area contributed by atoms with Crippen molar-refractivity contribution >= 4 is 57.8 Å². The largest absolute Gasteiger partial charge is 0.495 e. The zero-order valence-corrected chi connectivity index (χ0v) is 20.0. The van der Waals surface area contributed by atoms with Crippen LogP contribution in [-0.2, 0) is 0 Å². The molecule has 0 fully saturated rings. The Labute approximate surface area is 207 Å². The number of para-hydroxylation sites is 4. The number of hydrogen-bond donors (Lipinski definition) is 4. The van der Waals surface area contributed by atoms with E-state index in [9.17, 15) is 9.59 Å². The lowest BCUT2D eigenvalue weighted by Crippen LogP contribution is -2.35. The number of hydrogen-bond acceptors (Lipinski definition) is 6. The zero-order chi connectivity index (χ0) is 24.5. The van der Waals surface area contributed by atoms with Crippen LogP contribution in [-0.4, -0.2) is 36.3 Å². The standard InChI is InChI=1S/C24H22N4O4S2/c1-31-19-9-5-3-7-17(19)25-23(33)27-21(29)15-11-13-16(14-12-15)22(30)28-24(34)26-18-8-4-6-10-20(18)32-2/h3-14H,1-2H3,(H2,25,27,29,33)(H2,26,28,30,34). The van der Waals surface area contributed by atoms with Crippen molar-refractivity contribution in [1.29, 1.82) is 0 Å². The summed E-state index contributed by atoms with van der Waals surface area (Å²) >= 11 is 10.4. The van der Waals surface area contributed by atoms with E-state index in [0.717, 1.165) is 0 Å². The summed E-state index contributed by atoms with van der Waals surface area (Å²) in [7, 11) is 3.09. The number of ether oxygens (including phenoxy) is 2. The van der Waals surface area contributed by atoms with Crippen molar-refractivity contribution in [1.82, 2.24) is 10.6 Å². The molecular weight excluding hydrogens is 472 g/mol. The van der Waals surface area contributed by atoms with E-state index in [1.54, 1.807) is 38.5 Å². The lowest BCUT2D eigenvalue weighted by Gasteiger charge is -2.13. The highest BCUT2D eigenvalue weighted by molar-refractivity contribution is 7.80. The first-order valence-corrected chi connectivity index (χ1v) is 10.8. The zero-order valence-electron chi connectivity index (χ0n) is 18.4. The smallest absolute Gasteiger partial charge is 0.257 e. The molecule has 2 amide bonds. The molecule has 0 aliphatic heterocycles. The number of anilines is 2. The molecule has 0 heterocycles. The molecule has 0 aliphatic rings. The highest BCUT2D eigenvalue weighted by Gasteiger charge is 2.13. The Bertz CT molecular complexity index is 1120. The van der Waals surface area contributed by atoms with Gasteiger partial charge in [0.2, 0.25) is 0 Å². The van der Waals surface area contributed by atoms with Gasteiger partial charge in [0.1, 0.15) is 11.5 Å². The molecule has 0 spiro atoms. The Morgan fingerprint density at radius 2 is 0.971 bits per heavy atom. The van der Waals surface area contributed by atoms with Crippen LogP contribution in [0.1, 0.15) is 20.7 Å². The Morgan fingerprint density at radius 1 is 0.618 bits per heavy atom. The van der Waals surface area contributed by atoms with Crippen LogP contribution in [0, 0.1) is 0 Å². The summed E-state index contributed by atoms with van der Waals surface area (Å²) in [4.78, 5) is 25.0. The summed E-state index contributed by atoms with van der Waals surface area (Å²) in [5.74, 6) is 0.334. The van der Waals surface area contributed by atoms with Crippen molar-refractivity contribution in [2.75, 3.05) is 24.9 Å². The predicted molar refractivity (Wildman–Crippen MR) is 140 cm³/mol. The molecule has 0 unspecified atom stereocenters. The van der Waals surface area contributed by atoms with Gasteiger partial charge in [-0.1, -0.05) is 24.3 Å². The minimum absolute atomic E-state index is 0.115. The molecule has 3 aromatic rings. The number of amides is 2. The molecule has 0 saturated heterocycles. The Morgan fingerprint density at radius 3 is 1.32 bits per heavy atom. The summed E-state index contributed by atoms with van der Waals surface area (Å²) in [6.07, 6.45) is 0. The minimum atomic E-state index is -0.423. The van der Waals surface area contributed by atoms with Gasteiger partial charge in [-0.3, -0.25) is 20.2 Å². The van der Waals surface area contributed by atoms with Crippen molar-refractivity contribution in [3.63, 3.8) is 0 Å². The summed E-state index contributed by atoms with van der Waals surface area (Å²) < 4.78 is 10.5. The van der Waals surface area contributed by atoms with Crippen molar-refractivity contribution in [3.05, 3.63) is 83.9 Å². The molecule has 0 atom stereocenters. The third-order valence-corrected chi connectivity index (χ3v) is 4.98. The average molecular weight is 495 g/mol. The third-order valence-electron chi connectivity index (χ3n) is 4.57.